The van der Waals surface area contributed by atoms with Gasteiger partial charge in [0.15, 0.2) is 0 Å². The summed E-state index contributed by atoms with van der Waals surface area (Å²) in [5.41, 5.74) is 6.83. The highest BCUT2D eigenvalue weighted by Crippen LogP contribution is 2.28. The van der Waals surface area contributed by atoms with Gasteiger partial charge in [0.25, 0.3) is 0 Å². The van der Waals surface area contributed by atoms with E-state index in [1.54, 1.807) is 0 Å². The molecule has 0 spiro atoms. The molecule has 2 N–H and O–H groups in total. The standard InChI is InChI=1S/C8H8Cl2S.CH5N/c1-6-3-2-4-8(11-10)7(6)5-9;1-2/h2-4H,5H2,1H3;2H2,1H3. The van der Waals surface area contributed by atoms with E-state index in [2.05, 4.69) is 5.73 Å². The molecule has 0 aliphatic heterocycles. The molecule has 74 valence electrons. The molecule has 0 aliphatic rings. The van der Waals surface area contributed by atoms with Crippen molar-refractivity contribution in [3.05, 3.63) is 29.3 Å². The molecule has 0 atom stereocenters. The Balaban J connectivity index is 0.000000671. The summed E-state index contributed by atoms with van der Waals surface area (Å²) in [6.45, 7) is 2.04. The number of aryl methyl sites for hydroxylation is 1. The maximum Gasteiger partial charge on any atom is 0.0488 e. The Hall–Kier alpha value is 0.110. The molecule has 0 aliphatic carbocycles. The van der Waals surface area contributed by atoms with Gasteiger partial charge in [-0.05, 0) is 52.8 Å². The van der Waals surface area contributed by atoms with Crippen molar-refractivity contribution in [2.45, 2.75) is 17.7 Å². The van der Waals surface area contributed by atoms with E-state index in [9.17, 15) is 0 Å². The minimum atomic E-state index is 0.529. The summed E-state index contributed by atoms with van der Waals surface area (Å²) >= 11 is 5.74. The quantitative estimate of drug-likeness (QED) is 0.797. The zero-order valence-electron chi connectivity index (χ0n) is 7.68. The second kappa shape index (κ2) is 7.51. The molecular weight excluding hydrogens is 225 g/mol. The Morgan fingerprint density at radius 1 is 1.38 bits per heavy atom. The van der Waals surface area contributed by atoms with Crippen molar-refractivity contribution in [2.75, 3.05) is 7.05 Å². The number of benzene rings is 1. The van der Waals surface area contributed by atoms with E-state index in [1.165, 1.54) is 23.6 Å². The van der Waals surface area contributed by atoms with Crippen molar-refractivity contribution in [3.8, 4) is 0 Å². The van der Waals surface area contributed by atoms with E-state index in [4.69, 9.17) is 22.3 Å². The lowest BCUT2D eigenvalue weighted by molar-refractivity contribution is 1.20. The van der Waals surface area contributed by atoms with Crippen LogP contribution in [0.3, 0.4) is 0 Å². The fourth-order valence-electron chi connectivity index (χ4n) is 0.919. The maximum atomic E-state index is 5.74. The molecule has 0 bridgehead atoms. The minimum absolute atomic E-state index is 0.529. The lowest BCUT2D eigenvalue weighted by atomic mass is 10.1. The van der Waals surface area contributed by atoms with Gasteiger partial charge in [0, 0.05) is 10.8 Å². The first-order valence-corrected chi connectivity index (χ1v) is 5.98. The van der Waals surface area contributed by atoms with Crippen molar-refractivity contribution in [1.29, 1.82) is 0 Å². The summed E-state index contributed by atoms with van der Waals surface area (Å²) in [7, 11) is 8.36. The van der Waals surface area contributed by atoms with Crippen LogP contribution in [-0.4, -0.2) is 7.05 Å². The van der Waals surface area contributed by atoms with Crippen LogP contribution in [0.15, 0.2) is 23.1 Å². The Bertz CT molecular complexity index is 253. The first-order valence-electron chi connectivity index (χ1n) is 3.80. The summed E-state index contributed by atoms with van der Waals surface area (Å²) in [6.07, 6.45) is 0. The second-order valence-electron chi connectivity index (χ2n) is 2.26. The molecule has 0 unspecified atom stereocenters. The third kappa shape index (κ3) is 3.77. The van der Waals surface area contributed by atoms with Crippen molar-refractivity contribution in [3.63, 3.8) is 0 Å². The predicted molar refractivity (Wildman–Crippen MR) is 62.6 cm³/mol. The van der Waals surface area contributed by atoms with Crippen LogP contribution < -0.4 is 5.73 Å². The van der Waals surface area contributed by atoms with Crippen LogP contribution in [0.1, 0.15) is 11.1 Å². The largest absolute Gasteiger partial charge is 0.333 e. The molecule has 1 nitrogen and oxygen atoms in total. The summed E-state index contributed by atoms with van der Waals surface area (Å²) in [4.78, 5) is 1.06. The van der Waals surface area contributed by atoms with Gasteiger partial charge in [-0.15, -0.1) is 11.6 Å². The zero-order valence-corrected chi connectivity index (χ0v) is 10.0. The van der Waals surface area contributed by atoms with Crippen LogP contribution in [0, 0.1) is 6.92 Å². The molecule has 13 heavy (non-hydrogen) atoms. The van der Waals surface area contributed by atoms with E-state index < -0.39 is 0 Å². The number of rotatable bonds is 2. The molecule has 4 heteroatoms. The number of alkyl halides is 1. The lowest BCUT2D eigenvalue weighted by Gasteiger charge is -2.04. The summed E-state index contributed by atoms with van der Waals surface area (Å²) in [5, 5.41) is 0. The van der Waals surface area contributed by atoms with Crippen molar-refractivity contribution >= 4 is 33.3 Å². The van der Waals surface area contributed by atoms with Crippen molar-refractivity contribution < 1.29 is 0 Å². The van der Waals surface area contributed by atoms with Gasteiger partial charge in [-0.1, -0.05) is 12.1 Å². The zero-order chi connectivity index (χ0) is 10.3. The summed E-state index contributed by atoms with van der Waals surface area (Å²) < 4.78 is 0. The molecule has 0 aromatic heterocycles. The monoisotopic (exact) mass is 237 g/mol. The average molecular weight is 238 g/mol. The average Bonchev–Trinajstić information content (AvgIpc) is 2.20. The SMILES string of the molecule is CN.Cc1cccc(SCl)c1CCl. The molecule has 0 saturated carbocycles. The van der Waals surface area contributed by atoms with Gasteiger partial charge in [-0.2, -0.15) is 0 Å². The smallest absolute Gasteiger partial charge is 0.0488 e. The topological polar surface area (TPSA) is 26.0 Å². The first kappa shape index (κ1) is 13.1. The van der Waals surface area contributed by atoms with E-state index in [-0.39, 0.29) is 0 Å². The number of hydrogen-bond acceptors (Lipinski definition) is 2. The van der Waals surface area contributed by atoms with Gasteiger partial charge in [-0.25, -0.2) is 0 Å². The Morgan fingerprint density at radius 2 is 2.00 bits per heavy atom. The summed E-state index contributed by atoms with van der Waals surface area (Å²) in [5.74, 6) is 0.529. The Morgan fingerprint density at radius 3 is 2.38 bits per heavy atom. The first-order chi connectivity index (χ1) is 6.29. The minimum Gasteiger partial charge on any atom is -0.333 e. The van der Waals surface area contributed by atoms with Crippen LogP contribution in [-0.2, 0) is 5.88 Å². The molecule has 0 saturated heterocycles. The number of hydrogen-bond donors (Lipinski definition) is 1. The molecule has 0 amide bonds. The molecule has 0 radical (unpaired) electrons. The highest BCUT2D eigenvalue weighted by molar-refractivity contribution is 8.21. The highest BCUT2D eigenvalue weighted by atomic mass is 35.7. The fraction of sp³-hybridized carbons (Fsp3) is 0.333. The van der Waals surface area contributed by atoms with E-state index in [0.29, 0.717) is 5.88 Å². The fourth-order valence-corrected chi connectivity index (χ4v) is 2.24. The highest BCUT2D eigenvalue weighted by Gasteiger charge is 2.02. The van der Waals surface area contributed by atoms with Crippen LogP contribution in [0.4, 0.5) is 0 Å². The Labute approximate surface area is 93.1 Å². The third-order valence-corrected chi connectivity index (χ3v) is 2.90. The van der Waals surface area contributed by atoms with Crippen LogP contribution in [0.25, 0.3) is 0 Å². The predicted octanol–water partition coefficient (Wildman–Crippen LogP) is 3.55. The van der Waals surface area contributed by atoms with E-state index in [1.807, 2.05) is 25.1 Å². The summed E-state index contributed by atoms with van der Waals surface area (Å²) in [6, 6.07) is 5.99. The normalized spacial score (nSPS) is 9.00. The van der Waals surface area contributed by atoms with Crippen LogP contribution in [0.2, 0.25) is 0 Å². The molecule has 0 heterocycles. The maximum absolute atomic E-state index is 5.74. The van der Waals surface area contributed by atoms with E-state index >= 15 is 0 Å². The number of nitrogens with two attached hydrogens (primary N) is 1. The van der Waals surface area contributed by atoms with Gasteiger partial charge < -0.3 is 5.73 Å². The van der Waals surface area contributed by atoms with Crippen LogP contribution in [0.5, 0.6) is 0 Å². The molecule has 1 aromatic rings. The number of halogens is 2. The van der Waals surface area contributed by atoms with Crippen molar-refractivity contribution in [1.82, 2.24) is 0 Å². The molecule has 0 fully saturated rings. The lowest BCUT2D eigenvalue weighted by Crippen LogP contribution is -1.86. The molecule has 1 rings (SSSR count). The van der Waals surface area contributed by atoms with Gasteiger partial charge in [0.2, 0.25) is 0 Å². The van der Waals surface area contributed by atoms with Crippen LogP contribution >= 0.6 is 33.3 Å². The molecular formula is C9H13Cl2NS. The molecule has 1 aromatic carbocycles. The Kier molecular flexibility index (Phi) is 7.57. The van der Waals surface area contributed by atoms with Gasteiger partial charge in [0.05, 0.1) is 0 Å². The van der Waals surface area contributed by atoms with Crippen molar-refractivity contribution in [2.24, 2.45) is 5.73 Å². The van der Waals surface area contributed by atoms with Gasteiger partial charge in [0.1, 0.15) is 0 Å². The third-order valence-electron chi connectivity index (χ3n) is 1.58. The van der Waals surface area contributed by atoms with E-state index in [0.717, 1.165) is 10.5 Å². The second-order valence-corrected chi connectivity index (χ2v) is 3.59. The van der Waals surface area contributed by atoms with Gasteiger partial charge in [-0.3, -0.25) is 0 Å². The van der Waals surface area contributed by atoms with Gasteiger partial charge >= 0.3 is 0 Å².